The first-order valence-electron chi connectivity index (χ1n) is 6.05. The zero-order valence-electron chi connectivity index (χ0n) is 10.4. The number of hydrogen-bond acceptors (Lipinski definition) is 4. The summed E-state index contributed by atoms with van der Waals surface area (Å²) in [4.78, 5) is 13.2. The van der Waals surface area contributed by atoms with Gasteiger partial charge in [0.2, 0.25) is 0 Å². The van der Waals surface area contributed by atoms with E-state index in [2.05, 4.69) is 16.7 Å². The molecule has 1 aliphatic rings. The van der Waals surface area contributed by atoms with Gasteiger partial charge >= 0.3 is 5.97 Å². The SMILES string of the molecule is COC(=O)CCCN(C)CC1CCCOC1. The number of hydrogen-bond donors (Lipinski definition) is 0. The van der Waals surface area contributed by atoms with E-state index in [9.17, 15) is 4.79 Å². The number of esters is 1. The summed E-state index contributed by atoms with van der Waals surface area (Å²) in [7, 11) is 3.54. The van der Waals surface area contributed by atoms with Crippen molar-refractivity contribution in [3.8, 4) is 0 Å². The Kier molecular flexibility index (Phi) is 6.42. The number of ether oxygens (including phenoxy) is 2. The average Bonchev–Trinajstić information content (AvgIpc) is 2.30. The molecule has 0 aromatic carbocycles. The second-order valence-corrected chi connectivity index (χ2v) is 4.53. The van der Waals surface area contributed by atoms with Crippen LogP contribution in [0.1, 0.15) is 25.7 Å². The van der Waals surface area contributed by atoms with Crippen molar-refractivity contribution in [2.45, 2.75) is 25.7 Å². The van der Waals surface area contributed by atoms with E-state index in [-0.39, 0.29) is 5.97 Å². The van der Waals surface area contributed by atoms with E-state index in [1.807, 2.05) is 0 Å². The summed E-state index contributed by atoms with van der Waals surface area (Å²) in [5.74, 6) is 0.547. The van der Waals surface area contributed by atoms with E-state index in [4.69, 9.17) is 4.74 Å². The Morgan fingerprint density at radius 2 is 2.38 bits per heavy atom. The summed E-state index contributed by atoms with van der Waals surface area (Å²) in [5.41, 5.74) is 0. The van der Waals surface area contributed by atoms with Crippen LogP contribution in [0.25, 0.3) is 0 Å². The zero-order valence-corrected chi connectivity index (χ0v) is 10.4. The molecule has 1 aliphatic heterocycles. The minimum atomic E-state index is -0.116. The molecule has 1 fully saturated rings. The smallest absolute Gasteiger partial charge is 0.305 e. The number of nitrogens with zero attached hydrogens (tertiary/aromatic N) is 1. The highest BCUT2D eigenvalue weighted by molar-refractivity contribution is 5.69. The summed E-state index contributed by atoms with van der Waals surface area (Å²) < 4.78 is 10.0. The zero-order chi connectivity index (χ0) is 11.8. The Morgan fingerprint density at radius 3 is 3.00 bits per heavy atom. The highest BCUT2D eigenvalue weighted by atomic mass is 16.5. The van der Waals surface area contributed by atoms with Gasteiger partial charge in [-0.15, -0.1) is 0 Å². The van der Waals surface area contributed by atoms with E-state index >= 15 is 0 Å². The van der Waals surface area contributed by atoms with Crippen LogP contribution in [0.3, 0.4) is 0 Å². The van der Waals surface area contributed by atoms with Crippen molar-refractivity contribution in [1.29, 1.82) is 0 Å². The lowest BCUT2D eigenvalue weighted by molar-refractivity contribution is -0.140. The third kappa shape index (κ3) is 5.47. The number of carbonyl (C=O) groups excluding carboxylic acids is 1. The van der Waals surface area contributed by atoms with Gasteiger partial charge in [0.15, 0.2) is 0 Å². The first-order chi connectivity index (χ1) is 7.72. The molecular weight excluding hydrogens is 206 g/mol. The first kappa shape index (κ1) is 13.5. The molecule has 1 heterocycles. The van der Waals surface area contributed by atoms with Crippen LogP contribution in [0, 0.1) is 5.92 Å². The molecule has 0 aliphatic carbocycles. The molecule has 16 heavy (non-hydrogen) atoms. The van der Waals surface area contributed by atoms with E-state index in [0.29, 0.717) is 12.3 Å². The van der Waals surface area contributed by atoms with Gasteiger partial charge in [-0.3, -0.25) is 4.79 Å². The van der Waals surface area contributed by atoms with Gasteiger partial charge in [-0.25, -0.2) is 0 Å². The first-order valence-corrected chi connectivity index (χ1v) is 6.05. The van der Waals surface area contributed by atoms with Crippen LogP contribution >= 0.6 is 0 Å². The second-order valence-electron chi connectivity index (χ2n) is 4.53. The Hall–Kier alpha value is -0.610. The number of rotatable bonds is 6. The standard InChI is InChI=1S/C12H23NO3/c1-13(7-3-6-12(14)15-2)9-11-5-4-8-16-10-11/h11H,3-10H2,1-2H3. The summed E-state index contributed by atoms with van der Waals surface area (Å²) in [6, 6.07) is 0. The van der Waals surface area contributed by atoms with Crippen LogP contribution in [-0.4, -0.2) is 51.3 Å². The lowest BCUT2D eigenvalue weighted by Gasteiger charge is -2.26. The van der Waals surface area contributed by atoms with Gasteiger partial charge in [0.05, 0.1) is 13.7 Å². The van der Waals surface area contributed by atoms with Gasteiger partial charge in [-0.05, 0) is 38.8 Å². The van der Waals surface area contributed by atoms with Crippen molar-refractivity contribution in [2.24, 2.45) is 5.92 Å². The summed E-state index contributed by atoms with van der Waals surface area (Å²) >= 11 is 0. The fourth-order valence-electron chi connectivity index (χ4n) is 2.08. The molecule has 0 bridgehead atoms. The average molecular weight is 229 g/mol. The van der Waals surface area contributed by atoms with Crippen molar-refractivity contribution >= 4 is 5.97 Å². The maximum absolute atomic E-state index is 10.9. The van der Waals surface area contributed by atoms with Gasteiger partial charge < -0.3 is 14.4 Å². The second kappa shape index (κ2) is 7.63. The Labute approximate surface area is 97.9 Å². The fourth-order valence-corrected chi connectivity index (χ4v) is 2.08. The molecule has 0 aromatic heterocycles. The highest BCUT2D eigenvalue weighted by Gasteiger charge is 2.15. The van der Waals surface area contributed by atoms with Gasteiger partial charge in [0.25, 0.3) is 0 Å². The van der Waals surface area contributed by atoms with E-state index in [1.54, 1.807) is 0 Å². The molecule has 0 spiro atoms. The normalized spacial score (nSPS) is 21.1. The third-order valence-corrected chi connectivity index (χ3v) is 2.97. The van der Waals surface area contributed by atoms with Crippen LogP contribution in [0.5, 0.6) is 0 Å². The molecule has 4 heteroatoms. The lowest BCUT2D eigenvalue weighted by atomic mass is 10.0. The van der Waals surface area contributed by atoms with Crippen LogP contribution in [0.15, 0.2) is 0 Å². The largest absolute Gasteiger partial charge is 0.469 e. The van der Waals surface area contributed by atoms with Crippen LogP contribution in [-0.2, 0) is 14.3 Å². The molecule has 94 valence electrons. The molecule has 0 aromatic rings. The van der Waals surface area contributed by atoms with E-state index in [0.717, 1.165) is 32.7 Å². The van der Waals surface area contributed by atoms with Gasteiger partial charge in [0.1, 0.15) is 0 Å². The maximum atomic E-state index is 10.9. The van der Waals surface area contributed by atoms with Crippen LogP contribution in [0.4, 0.5) is 0 Å². The van der Waals surface area contributed by atoms with E-state index < -0.39 is 0 Å². The number of methoxy groups -OCH3 is 1. The predicted octanol–water partition coefficient (Wildman–Crippen LogP) is 1.30. The van der Waals surface area contributed by atoms with Crippen LogP contribution in [0.2, 0.25) is 0 Å². The van der Waals surface area contributed by atoms with Crippen molar-refractivity contribution in [1.82, 2.24) is 4.90 Å². The van der Waals surface area contributed by atoms with Crippen molar-refractivity contribution in [2.75, 3.05) is 40.5 Å². The molecular formula is C12H23NO3. The lowest BCUT2D eigenvalue weighted by Crippen LogP contribution is -2.31. The maximum Gasteiger partial charge on any atom is 0.305 e. The quantitative estimate of drug-likeness (QED) is 0.643. The monoisotopic (exact) mass is 229 g/mol. The van der Waals surface area contributed by atoms with Crippen molar-refractivity contribution < 1.29 is 14.3 Å². The summed E-state index contributed by atoms with van der Waals surface area (Å²) in [6.07, 6.45) is 3.83. The molecule has 0 saturated carbocycles. The Balaban J connectivity index is 2.05. The molecule has 0 radical (unpaired) electrons. The fraction of sp³-hybridized carbons (Fsp3) is 0.917. The van der Waals surface area contributed by atoms with Gasteiger partial charge in [0, 0.05) is 19.6 Å². The van der Waals surface area contributed by atoms with Gasteiger partial charge in [-0.1, -0.05) is 0 Å². The molecule has 1 rings (SSSR count). The molecule has 1 unspecified atom stereocenters. The van der Waals surface area contributed by atoms with Crippen molar-refractivity contribution in [3.63, 3.8) is 0 Å². The summed E-state index contributed by atoms with van der Waals surface area (Å²) in [6.45, 7) is 3.83. The topological polar surface area (TPSA) is 38.8 Å². The number of carbonyl (C=O) groups is 1. The molecule has 4 nitrogen and oxygen atoms in total. The van der Waals surface area contributed by atoms with Gasteiger partial charge in [-0.2, -0.15) is 0 Å². The van der Waals surface area contributed by atoms with E-state index in [1.165, 1.54) is 20.0 Å². The molecule has 0 N–H and O–H groups in total. The Morgan fingerprint density at radius 1 is 1.56 bits per heavy atom. The molecule has 1 saturated heterocycles. The van der Waals surface area contributed by atoms with Crippen LogP contribution < -0.4 is 0 Å². The minimum absolute atomic E-state index is 0.116. The third-order valence-electron chi connectivity index (χ3n) is 2.97. The minimum Gasteiger partial charge on any atom is -0.469 e. The summed E-state index contributed by atoms with van der Waals surface area (Å²) in [5, 5.41) is 0. The molecule has 0 amide bonds. The van der Waals surface area contributed by atoms with Crippen molar-refractivity contribution in [3.05, 3.63) is 0 Å². The highest BCUT2D eigenvalue weighted by Crippen LogP contribution is 2.14. The molecule has 1 atom stereocenters. The Bertz CT molecular complexity index is 202. The predicted molar refractivity (Wildman–Crippen MR) is 62.3 cm³/mol.